The lowest BCUT2D eigenvalue weighted by Crippen LogP contribution is -2.44. The van der Waals surface area contributed by atoms with Gasteiger partial charge in [-0.1, -0.05) is 15.9 Å². The number of fused-ring (bicyclic) bond motifs is 2. The van der Waals surface area contributed by atoms with E-state index in [4.69, 9.17) is 10.5 Å². The summed E-state index contributed by atoms with van der Waals surface area (Å²) in [5.41, 5.74) is 5.35. The van der Waals surface area contributed by atoms with Crippen LogP contribution in [0.5, 0.6) is 0 Å². The fraction of sp³-hybridized carbons (Fsp3) is 0.188. The number of carbonyl (C=O) groups is 2. The molecule has 0 saturated heterocycles. The molecule has 0 radical (unpaired) electrons. The maximum atomic E-state index is 12.9. The van der Waals surface area contributed by atoms with Gasteiger partial charge >= 0.3 is 0 Å². The summed E-state index contributed by atoms with van der Waals surface area (Å²) in [6.07, 6.45) is 0. The van der Waals surface area contributed by atoms with Crippen LogP contribution in [-0.4, -0.2) is 11.7 Å². The number of Topliss-reactive ketones (excluding diaryl/α,β-unsaturated/α-hetero) is 1. The van der Waals surface area contributed by atoms with Crippen molar-refractivity contribution in [2.75, 3.05) is 5.32 Å². The van der Waals surface area contributed by atoms with Gasteiger partial charge in [0.1, 0.15) is 22.8 Å². The minimum absolute atomic E-state index is 0.0809. The normalized spacial score (nSPS) is 22.6. The van der Waals surface area contributed by atoms with E-state index in [1.54, 1.807) is 25.1 Å². The van der Waals surface area contributed by atoms with Crippen molar-refractivity contribution in [3.63, 3.8) is 0 Å². The molecule has 1 aromatic rings. The predicted molar refractivity (Wildman–Crippen MR) is 85.7 cm³/mol. The van der Waals surface area contributed by atoms with Gasteiger partial charge in [-0.15, -0.1) is 0 Å². The first-order chi connectivity index (χ1) is 10.8. The molecule has 1 aromatic carbocycles. The summed E-state index contributed by atoms with van der Waals surface area (Å²) in [5.74, 6) is -0.793. The van der Waals surface area contributed by atoms with E-state index < -0.39 is 11.3 Å². The fourth-order valence-corrected chi connectivity index (χ4v) is 3.62. The van der Waals surface area contributed by atoms with Gasteiger partial charge in [0.15, 0.2) is 5.78 Å². The SMILES string of the molecule is CC(=O)C1=C(C)OC(N)=C(C#N)C12C(=O)Nc1ccc(Br)cc12. The number of ether oxygens (including phenoxy) is 1. The quantitative estimate of drug-likeness (QED) is 0.784. The van der Waals surface area contributed by atoms with Crippen LogP contribution in [0.15, 0.2) is 45.5 Å². The monoisotopic (exact) mass is 373 g/mol. The lowest BCUT2D eigenvalue weighted by atomic mass is 9.67. The molecule has 3 rings (SSSR count). The van der Waals surface area contributed by atoms with E-state index >= 15 is 0 Å². The Kier molecular flexibility index (Phi) is 3.30. The maximum absolute atomic E-state index is 12.9. The molecule has 0 aromatic heterocycles. The molecule has 2 aliphatic heterocycles. The minimum Gasteiger partial charge on any atom is -0.445 e. The smallest absolute Gasteiger partial charge is 0.245 e. The van der Waals surface area contributed by atoms with Gasteiger partial charge in [0.05, 0.1) is 5.57 Å². The highest BCUT2D eigenvalue weighted by atomic mass is 79.9. The number of allylic oxidation sites excluding steroid dienone is 1. The number of amides is 1. The summed E-state index contributed by atoms with van der Waals surface area (Å²) < 4.78 is 6.06. The van der Waals surface area contributed by atoms with Crippen LogP contribution in [0.2, 0.25) is 0 Å². The second kappa shape index (κ2) is 4.96. The van der Waals surface area contributed by atoms with Crippen LogP contribution in [-0.2, 0) is 19.7 Å². The number of benzene rings is 1. The number of nitrogens with two attached hydrogens (primary N) is 1. The second-order valence-electron chi connectivity index (χ2n) is 5.33. The molecule has 6 nitrogen and oxygen atoms in total. The largest absolute Gasteiger partial charge is 0.445 e. The molecular weight excluding hydrogens is 362 g/mol. The Morgan fingerprint density at radius 1 is 1.48 bits per heavy atom. The van der Waals surface area contributed by atoms with Crippen molar-refractivity contribution in [1.82, 2.24) is 0 Å². The van der Waals surface area contributed by atoms with Crippen LogP contribution in [0.4, 0.5) is 5.69 Å². The van der Waals surface area contributed by atoms with Gasteiger partial charge in [-0.3, -0.25) is 9.59 Å². The molecule has 1 spiro atoms. The zero-order valence-corrected chi connectivity index (χ0v) is 13.9. The molecule has 116 valence electrons. The fourth-order valence-electron chi connectivity index (χ4n) is 3.26. The Bertz CT molecular complexity index is 879. The Labute approximate surface area is 140 Å². The zero-order valence-electron chi connectivity index (χ0n) is 12.4. The van der Waals surface area contributed by atoms with Gasteiger partial charge in [0, 0.05) is 15.7 Å². The summed E-state index contributed by atoms with van der Waals surface area (Å²) in [6.45, 7) is 2.90. The van der Waals surface area contributed by atoms with E-state index in [2.05, 4.69) is 21.2 Å². The number of nitriles is 1. The Morgan fingerprint density at radius 3 is 2.78 bits per heavy atom. The third-order valence-corrected chi connectivity index (χ3v) is 4.54. The lowest BCUT2D eigenvalue weighted by molar-refractivity contribution is -0.122. The molecule has 0 bridgehead atoms. The number of nitrogens with one attached hydrogen (secondary N) is 1. The number of ketones is 1. The third kappa shape index (κ3) is 1.85. The summed E-state index contributed by atoms with van der Waals surface area (Å²) in [6, 6.07) is 7.13. The van der Waals surface area contributed by atoms with Crippen molar-refractivity contribution in [3.8, 4) is 6.07 Å². The van der Waals surface area contributed by atoms with Crippen LogP contribution in [0.1, 0.15) is 19.4 Å². The van der Waals surface area contributed by atoms with Gasteiger partial charge in [0.25, 0.3) is 0 Å². The van der Waals surface area contributed by atoms with E-state index in [1.807, 2.05) is 6.07 Å². The van der Waals surface area contributed by atoms with Crippen LogP contribution >= 0.6 is 15.9 Å². The molecular formula is C16H12BrN3O3. The first-order valence-electron chi connectivity index (χ1n) is 6.76. The van der Waals surface area contributed by atoms with Crippen molar-refractivity contribution in [2.45, 2.75) is 19.3 Å². The minimum atomic E-state index is -1.58. The molecule has 0 saturated carbocycles. The first kappa shape index (κ1) is 15.3. The third-order valence-electron chi connectivity index (χ3n) is 4.05. The second-order valence-corrected chi connectivity index (χ2v) is 6.25. The number of nitrogens with zero attached hydrogens (tertiary/aromatic N) is 1. The molecule has 2 aliphatic rings. The van der Waals surface area contributed by atoms with Crippen molar-refractivity contribution < 1.29 is 14.3 Å². The average Bonchev–Trinajstić information content (AvgIpc) is 2.72. The zero-order chi connectivity index (χ0) is 16.9. The van der Waals surface area contributed by atoms with E-state index in [0.717, 1.165) is 4.47 Å². The highest BCUT2D eigenvalue weighted by Gasteiger charge is 2.58. The molecule has 0 fully saturated rings. The Hall–Kier alpha value is -2.59. The topological polar surface area (TPSA) is 105 Å². The van der Waals surface area contributed by atoms with Crippen LogP contribution in [0.3, 0.4) is 0 Å². The number of anilines is 1. The number of halogens is 1. The van der Waals surface area contributed by atoms with E-state index in [-0.39, 0.29) is 28.6 Å². The lowest BCUT2D eigenvalue weighted by Gasteiger charge is -2.34. The van der Waals surface area contributed by atoms with Crippen molar-refractivity contribution in [2.24, 2.45) is 5.73 Å². The van der Waals surface area contributed by atoms with E-state index in [0.29, 0.717) is 11.3 Å². The summed E-state index contributed by atoms with van der Waals surface area (Å²) in [7, 11) is 0. The number of rotatable bonds is 1. The van der Waals surface area contributed by atoms with Crippen LogP contribution in [0.25, 0.3) is 0 Å². The summed E-state index contributed by atoms with van der Waals surface area (Å²) in [4.78, 5) is 25.2. The number of hydrogen-bond donors (Lipinski definition) is 2. The van der Waals surface area contributed by atoms with Gasteiger partial charge in [-0.2, -0.15) is 5.26 Å². The van der Waals surface area contributed by atoms with Gasteiger partial charge in [-0.05, 0) is 32.0 Å². The van der Waals surface area contributed by atoms with E-state index in [1.165, 1.54) is 6.92 Å². The Balaban J connectivity index is 2.48. The highest BCUT2D eigenvalue weighted by molar-refractivity contribution is 9.10. The number of carbonyl (C=O) groups excluding carboxylic acids is 2. The van der Waals surface area contributed by atoms with Crippen LogP contribution < -0.4 is 11.1 Å². The molecule has 1 unspecified atom stereocenters. The van der Waals surface area contributed by atoms with Crippen molar-refractivity contribution in [1.29, 1.82) is 5.26 Å². The van der Waals surface area contributed by atoms with Gasteiger partial charge in [-0.25, -0.2) is 0 Å². The van der Waals surface area contributed by atoms with Crippen molar-refractivity contribution in [3.05, 3.63) is 51.0 Å². The van der Waals surface area contributed by atoms with Crippen molar-refractivity contribution >= 4 is 33.3 Å². The molecule has 1 amide bonds. The molecule has 7 heteroatoms. The van der Waals surface area contributed by atoms with Crippen LogP contribution in [0, 0.1) is 11.3 Å². The van der Waals surface area contributed by atoms with Gasteiger partial charge in [0.2, 0.25) is 11.8 Å². The summed E-state index contributed by atoms with van der Waals surface area (Å²) >= 11 is 3.36. The molecule has 0 aliphatic carbocycles. The molecule has 3 N–H and O–H groups in total. The first-order valence-corrected chi connectivity index (χ1v) is 7.55. The highest BCUT2D eigenvalue weighted by Crippen LogP contribution is 2.52. The van der Waals surface area contributed by atoms with E-state index in [9.17, 15) is 14.9 Å². The number of hydrogen-bond acceptors (Lipinski definition) is 5. The predicted octanol–water partition coefficient (Wildman–Crippen LogP) is 2.23. The molecule has 23 heavy (non-hydrogen) atoms. The standard InChI is InChI=1S/C16H12BrN3O3/c1-7(21)13-8(2)23-14(19)11(6-18)16(13)10-5-9(17)3-4-12(10)20-15(16)22/h3-5H,19H2,1-2H3,(H,20,22). The summed E-state index contributed by atoms with van der Waals surface area (Å²) in [5, 5.41) is 12.3. The molecule has 1 atom stereocenters. The molecule has 2 heterocycles. The Morgan fingerprint density at radius 2 is 2.17 bits per heavy atom. The maximum Gasteiger partial charge on any atom is 0.245 e. The van der Waals surface area contributed by atoms with Gasteiger partial charge < -0.3 is 15.8 Å². The average molecular weight is 374 g/mol.